The quantitative estimate of drug-likeness (QED) is 0.776. The molecule has 0 saturated heterocycles. The molecule has 16 heavy (non-hydrogen) atoms. The van der Waals surface area contributed by atoms with E-state index in [0.29, 0.717) is 0 Å². The number of methoxy groups -OCH3 is 1. The standard InChI is InChI=1S/C11H13NO4/c1-15-11(14)12-7-10(13)16-8-9-5-3-2-4-6-9/h2-6H,7-8H2,1H3,(H,12,14). The van der Waals surface area contributed by atoms with Crippen LogP contribution in [-0.2, 0) is 20.9 Å². The van der Waals surface area contributed by atoms with Crippen LogP contribution in [0.3, 0.4) is 0 Å². The molecule has 5 nitrogen and oxygen atoms in total. The van der Waals surface area contributed by atoms with E-state index in [2.05, 4.69) is 10.1 Å². The van der Waals surface area contributed by atoms with Crippen molar-refractivity contribution in [3.05, 3.63) is 35.9 Å². The first-order valence-corrected chi connectivity index (χ1v) is 4.73. The van der Waals surface area contributed by atoms with Crippen LogP contribution < -0.4 is 5.32 Å². The van der Waals surface area contributed by atoms with Gasteiger partial charge in [0, 0.05) is 0 Å². The van der Waals surface area contributed by atoms with Crippen LogP contribution in [-0.4, -0.2) is 25.7 Å². The van der Waals surface area contributed by atoms with Gasteiger partial charge in [-0.25, -0.2) is 4.79 Å². The Balaban J connectivity index is 2.23. The van der Waals surface area contributed by atoms with Gasteiger partial charge in [0.05, 0.1) is 7.11 Å². The zero-order valence-corrected chi connectivity index (χ0v) is 8.93. The van der Waals surface area contributed by atoms with Crippen LogP contribution >= 0.6 is 0 Å². The third-order valence-electron chi connectivity index (χ3n) is 1.81. The Bertz CT molecular complexity index is 350. The first-order chi connectivity index (χ1) is 7.72. The number of ether oxygens (including phenoxy) is 2. The number of hydrogen-bond donors (Lipinski definition) is 1. The Hall–Kier alpha value is -2.04. The summed E-state index contributed by atoms with van der Waals surface area (Å²) < 4.78 is 9.22. The summed E-state index contributed by atoms with van der Waals surface area (Å²) in [6, 6.07) is 9.29. The molecule has 1 N–H and O–H groups in total. The minimum atomic E-state index is -0.656. The average Bonchev–Trinajstić information content (AvgIpc) is 2.34. The molecule has 0 aliphatic rings. The van der Waals surface area contributed by atoms with Crippen LogP contribution in [0, 0.1) is 0 Å². The molecule has 0 spiro atoms. The van der Waals surface area contributed by atoms with Gasteiger partial charge in [0.15, 0.2) is 0 Å². The molecular formula is C11H13NO4. The van der Waals surface area contributed by atoms with Crippen LogP contribution in [0.25, 0.3) is 0 Å². The molecule has 1 amide bonds. The molecule has 0 atom stereocenters. The molecule has 0 aliphatic heterocycles. The van der Waals surface area contributed by atoms with Gasteiger partial charge in [-0.15, -0.1) is 0 Å². The smallest absolute Gasteiger partial charge is 0.407 e. The Kier molecular flexibility index (Phi) is 4.85. The van der Waals surface area contributed by atoms with E-state index in [1.54, 1.807) is 0 Å². The Morgan fingerprint density at radius 2 is 1.94 bits per heavy atom. The van der Waals surface area contributed by atoms with Crippen molar-refractivity contribution < 1.29 is 19.1 Å². The van der Waals surface area contributed by atoms with Crippen molar-refractivity contribution in [2.24, 2.45) is 0 Å². The van der Waals surface area contributed by atoms with Crippen LogP contribution in [0.1, 0.15) is 5.56 Å². The summed E-state index contributed by atoms with van der Waals surface area (Å²) in [4.78, 5) is 21.8. The molecular weight excluding hydrogens is 210 g/mol. The van der Waals surface area contributed by atoms with Gasteiger partial charge in [-0.1, -0.05) is 30.3 Å². The SMILES string of the molecule is COC(=O)NCC(=O)OCc1ccccc1. The zero-order valence-electron chi connectivity index (χ0n) is 8.93. The highest BCUT2D eigenvalue weighted by Crippen LogP contribution is 2.00. The van der Waals surface area contributed by atoms with Crippen LogP contribution in [0.15, 0.2) is 30.3 Å². The highest BCUT2D eigenvalue weighted by molar-refractivity contribution is 5.77. The highest BCUT2D eigenvalue weighted by Gasteiger charge is 2.05. The van der Waals surface area contributed by atoms with Crippen molar-refractivity contribution in [2.45, 2.75) is 6.61 Å². The van der Waals surface area contributed by atoms with Crippen molar-refractivity contribution in [2.75, 3.05) is 13.7 Å². The van der Waals surface area contributed by atoms with E-state index in [1.807, 2.05) is 30.3 Å². The van der Waals surface area contributed by atoms with Gasteiger partial charge in [0.1, 0.15) is 13.2 Å². The number of esters is 1. The van der Waals surface area contributed by atoms with Crippen LogP contribution in [0.5, 0.6) is 0 Å². The van der Waals surface area contributed by atoms with Crippen molar-refractivity contribution in [3.63, 3.8) is 0 Å². The highest BCUT2D eigenvalue weighted by atomic mass is 16.5. The van der Waals surface area contributed by atoms with Gasteiger partial charge in [-0.05, 0) is 5.56 Å². The van der Waals surface area contributed by atoms with E-state index in [-0.39, 0.29) is 13.2 Å². The number of carbonyl (C=O) groups excluding carboxylic acids is 2. The predicted molar refractivity (Wildman–Crippen MR) is 56.6 cm³/mol. The summed E-state index contributed by atoms with van der Waals surface area (Å²) in [5, 5.41) is 2.23. The van der Waals surface area contributed by atoms with Crippen molar-refractivity contribution in [3.8, 4) is 0 Å². The van der Waals surface area contributed by atoms with Crippen molar-refractivity contribution >= 4 is 12.1 Å². The maximum atomic E-state index is 11.1. The number of amides is 1. The van der Waals surface area contributed by atoms with E-state index < -0.39 is 12.1 Å². The number of benzene rings is 1. The second-order valence-electron chi connectivity index (χ2n) is 2.99. The van der Waals surface area contributed by atoms with Crippen LogP contribution in [0.2, 0.25) is 0 Å². The summed E-state index contributed by atoms with van der Waals surface area (Å²) in [6.45, 7) is 0.00202. The summed E-state index contributed by atoms with van der Waals surface area (Å²) in [7, 11) is 1.23. The number of carbonyl (C=O) groups is 2. The lowest BCUT2D eigenvalue weighted by Gasteiger charge is -2.05. The molecule has 1 aromatic rings. The molecule has 0 aliphatic carbocycles. The minimum absolute atomic E-state index is 0.195. The summed E-state index contributed by atoms with van der Waals surface area (Å²) in [5.74, 6) is -0.505. The Morgan fingerprint density at radius 1 is 1.25 bits per heavy atom. The molecule has 1 aromatic carbocycles. The molecule has 0 aromatic heterocycles. The predicted octanol–water partition coefficient (Wildman–Crippen LogP) is 1.09. The Morgan fingerprint density at radius 3 is 2.56 bits per heavy atom. The second-order valence-corrected chi connectivity index (χ2v) is 2.99. The van der Waals surface area contributed by atoms with E-state index in [1.165, 1.54) is 7.11 Å². The van der Waals surface area contributed by atoms with E-state index in [4.69, 9.17) is 4.74 Å². The maximum absolute atomic E-state index is 11.1. The van der Waals surface area contributed by atoms with Gasteiger partial charge < -0.3 is 14.8 Å². The minimum Gasteiger partial charge on any atom is -0.460 e. The van der Waals surface area contributed by atoms with E-state index in [0.717, 1.165) is 5.56 Å². The lowest BCUT2D eigenvalue weighted by Crippen LogP contribution is -2.30. The van der Waals surface area contributed by atoms with E-state index >= 15 is 0 Å². The van der Waals surface area contributed by atoms with Gasteiger partial charge in [-0.2, -0.15) is 0 Å². The lowest BCUT2D eigenvalue weighted by atomic mass is 10.2. The summed E-state index contributed by atoms with van der Waals surface area (Å²) in [6.07, 6.45) is -0.656. The van der Waals surface area contributed by atoms with E-state index in [9.17, 15) is 9.59 Å². The summed E-state index contributed by atoms with van der Waals surface area (Å²) in [5.41, 5.74) is 0.897. The van der Waals surface area contributed by atoms with Crippen molar-refractivity contribution in [1.82, 2.24) is 5.32 Å². The van der Waals surface area contributed by atoms with Crippen molar-refractivity contribution in [1.29, 1.82) is 0 Å². The average molecular weight is 223 g/mol. The van der Waals surface area contributed by atoms with Gasteiger partial charge in [0.2, 0.25) is 0 Å². The third-order valence-corrected chi connectivity index (χ3v) is 1.81. The fourth-order valence-corrected chi connectivity index (χ4v) is 1.01. The number of hydrogen-bond acceptors (Lipinski definition) is 4. The molecule has 0 bridgehead atoms. The fraction of sp³-hybridized carbons (Fsp3) is 0.273. The molecule has 0 radical (unpaired) electrons. The second kappa shape index (κ2) is 6.44. The molecule has 0 fully saturated rings. The number of rotatable bonds is 4. The molecule has 0 heterocycles. The van der Waals surface area contributed by atoms with Gasteiger partial charge >= 0.3 is 12.1 Å². The maximum Gasteiger partial charge on any atom is 0.407 e. The molecule has 5 heteroatoms. The first-order valence-electron chi connectivity index (χ1n) is 4.73. The normalized spacial score (nSPS) is 9.31. The molecule has 1 rings (SSSR count). The third kappa shape index (κ3) is 4.45. The molecule has 0 saturated carbocycles. The molecule has 86 valence electrons. The topological polar surface area (TPSA) is 64.6 Å². The monoisotopic (exact) mass is 223 g/mol. The van der Waals surface area contributed by atoms with Gasteiger partial charge in [-0.3, -0.25) is 4.79 Å². The largest absolute Gasteiger partial charge is 0.460 e. The number of alkyl carbamates (subject to hydrolysis) is 1. The van der Waals surface area contributed by atoms with Crippen LogP contribution in [0.4, 0.5) is 4.79 Å². The Labute approximate surface area is 93.4 Å². The van der Waals surface area contributed by atoms with Gasteiger partial charge in [0.25, 0.3) is 0 Å². The first kappa shape index (κ1) is 12.0. The number of nitrogens with one attached hydrogen (secondary N) is 1. The zero-order chi connectivity index (χ0) is 11.8. The molecule has 0 unspecified atom stereocenters. The fourth-order valence-electron chi connectivity index (χ4n) is 1.01. The summed E-state index contributed by atoms with van der Waals surface area (Å²) >= 11 is 0. The lowest BCUT2D eigenvalue weighted by molar-refractivity contribution is -0.143.